The number of ether oxygens (including phenoxy) is 1. The zero-order chi connectivity index (χ0) is 16.4. The molecule has 1 aromatic carbocycles. The largest absolute Gasteiger partial charge is 0.497 e. The normalized spacial score (nSPS) is 10.7. The molecule has 2 aromatic heterocycles. The van der Waals surface area contributed by atoms with Crippen molar-refractivity contribution in [1.29, 1.82) is 0 Å². The zero-order valence-corrected chi connectivity index (χ0v) is 12.2. The Morgan fingerprint density at radius 2 is 2.22 bits per heavy atom. The maximum absolute atomic E-state index is 13.0. The van der Waals surface area contributed by atoms with Crippen LogP contribution in [0.5, 0.6) is 5.75 Å². The molecule has 0 radical (unpaired) electrons. The van der Waals surface area contributed by atoms with Gasteiger partial charge < -0.3 is 14.3 Å². The van der Waals surface area contributed by atoms with Crippen molar-refractivity contribution in [2.24, 2.45) is 0 Å². The Labute approximate surface area is 130 Å². The van der Waals surface area contributed by atoms with Gasteiger partial charge >= 0.3 is 5.97 Å². The lowest BCUT2D eigenvalue weighted by atomic mass is 10.1. The summed E-state index contributed by atoms with van der Waals surface area (Å²) in [6.45, 7) is -0.765. The number of hydrogen-bond donors (Lipinski definition) is 1. The minimum Gasteiger partial charge on any atom is -0.497 e. The summed E-state index contributed by atoms with van der Waals surface area (Å²) in [5.74, 6) is -0.269. The van der Waals surface area contributed by atoms with Crippen LogP contribution in [0.1, 0.15) is 16.1 Å². The first kappa shape index (κ1) is 14.8. The van der Waals surface area contributed by atoms with E-state index >= 15 is 0 Å². The van der Waals surface area contributed by atoms with E-state index in [-0.39, 0.29) is 11.3 Å². The van der Waals surface area contributed by atoms with Crippen molar-refractivity contribution in [1.82, 2.24) is 9.78 Å². The topological polar surface area (TPSA) is 77.5 Å². The standard InChI is InChI=1S/C16H13FN2O4/c1-22-11-4-5-13(12(8-11)16(20)21)19-14(7-10(9-17)18-19)15-3-2-6-23-15/h2-8H,9H2,1H3,(H,20,21). The molecule has 3 aromatic rings. The van der Waals surface area contributed by atoms with Crippen molar-refractivity contribution < 1.29 is 23.4 Å². The van der Waals surface area contributed by atoms with E-state index in [1.807, 2.05) is 0 Å². The van der Waals surface area contributed by atoms with E-state index in [4.69, 9.17) is 9.15 Å². The van der Waals surface area contributed by atoms with Gasteiger partial charge in [-0.25, -0.2) is 13.9 Å². The minimum atomic E-state index is -1.14. The van der Waals surface area contributed by atoms with Gasteiger partial charge in [-0.3, -0.25) is 0 Å². The van der Waals surface area contributed by atoms with E-state index < -0.39 is 12.6 Å². The number of benzene rings is 1. The number of carboxylic acid groups (broad SMARTS) is 1. The highest BCUT2D eigenvalue weighted by atomic mass is 19.1. The van der Waals surface area contributed by atoms with Crippen molar-refractivity contribution in [3.63, 3.8) is 0 Å². The number of methoxy groups -OCH3 is 1. The van der Waals surface area contributed by atoms with E-state index in [0.29, 0.717) is 22.9 Å². The van der Waals surface area contributed by atoms with Gasteiger partial charge in [0.15, 0.2) is 5.76 Å². The average Bonchev–Trinajstić information content (AvgIpc) is 3.23. The predicted octanol–water partition coefficient (Wildman–Crippen LogP) is 3.31. The van der Waals surface area contributed by atoms with Crippen molar-refractivity contribution in [3.8, 4) is 22.9 Å². The summed E-state index contributed by atoms with van der Waals surface area (Å²) in [6, 6.07) is 9.47. The summed E-state index contributed by atoms with van der Waals surface area (Å²) in [5, 5.41) is 13.6. The van der Waals surface area contributed by atoms with Crippen LogP contribution < -0.4 is 4.74 Å². The number of hydrogen-bond acceptors (Lipinski definition) is 4. The van der Waals surface area contributed by atoms with E-state index in [1.165, 1.54) is 30.2 Å². The average molecular weight is 316 g/mol. The van der Waals surface area contributed by atoms with Gasteiger partial charge in [-0.2, -0.15) is 5.10 Å². The van der Waals surface area contributed by atoms with Gasteiger partial charge in [0.25, 0.3) is 0 Å². The number of carboxylic acids is 1. The highest BCUT2D eigenvalue weighted by Crippen LogP contribution is 2.28. The zero-order valence-electron chi connectivity index (χ0n) is 12.2. The number of carbonyl (C=O) groups is 1. The smallest absolute Gasteiger partial charge is 0.338 e. The molecule has 0 fully saturated rings. The molecule has 118 valence electrons. The summed E-state index contributed by atoms with van der Waals surface area (Å²) in [5.41, 5.74) is 0.939. The van der Waals surface area contributed by atoms with E-state index in [2.05, 4.69) is 5.10 Å². The lowest BCUT2D eigenvalue weighted by Crippen LogP contribution is -2.08. The van der Waals surface area contributed by atoms with Crippen LogP contribution >= 0.6 is 0 Å². The third kappa shape index (κ3) is 2.68. The highest BCUT2D eigenvalue weighted by Gasteiger charge is 2.19. The monoisotopic (exact) mass is 316 g/mol. The Kier molecular flexibility index (Phi) is 3.84. The lowest BCUT2D eigenvalue weighted by Gasteiger charge is -2.10. The molecule has 3 rings (SSSR count). The Bertz CT molecular complexity index is 840. The SMILES string of the molecule is COc1ccc(-n2nc(CF)cc2-c2ccco2)c(C(=O)O)c1. The van der Waals surface area contributed by atoms with Crippen LogP contribution in [0, 0.1) is 0 Å². The number of alkyl halides is 1. The Balaban J connectivity index is 2.22. The van der Waals surface area contributed by atoms with Crippen molar-refractivity contribution in [2.45, 2.75) is 6.67 Å². The quantitative estimate of drug-likeness (QED) is 0.781. The van der Waals surface area contributed by atoms with Gasteiger partial charge in [0.05, 0.1) is 30.3 Å². The Morgan fingerprint density at radius 3 is 2.83 bits per heavy atom. The highest BCUT2D eigenvalue weighted by molar-refractivity contribution is 5.92. The number of aromatic nitrogens is 2. The van der Waals surface area contributed by atoms with Crippen molar-refractivity contribution >= 4 is 5.97 Å². The number of furan rings is 1. The molecule has 0 aliphatic rings. The van der Waals surface area contributed by atoms with Gasteiger partial charge in [0, 0.05) is 0 Å². The number of nitrogens with zero attached hydrogens (tertiary/aromatic N) is 2. The van der Waals surface area contributed by atoms with Crippen molar-refractivity contribution in [2.75, 3.05) is 7.11 Å². The first-order chi connectivity index (χ1) is 11.1. The minimum absolute atomic E-state index is 0.00864. The van der Waals surface area contributed by atoms with Gasteiger partial charge in [0.1, 0.15) is 18.1 Å². The molecule has 0 aliphatic heterocycles. The molecule has 0 saturated carbocycles. The molecular formula is C16H13FN2O4. The molecule has 6 nitrogen and oxygen atoms in total. The number of aromatic carboxylic acids is 1. The van der Waals surface area contributed by atoms with Crippen LogP contribution in [0.15, 0.2) is 47.1 Å². The van der Waals surface area contributed by atoms with E-state index in [0.717, 1.165) is 0 Å². The molecule has 0 saturated heterocycles. The summed E-state index contributed by atoms with van der Waals surface area (Å²) >= 11 is 0. The van der Waals surface area contributed by atoms with E-state index in [1.54, 1.807) is 24.3 Å². The molecule has 1 N–H and O–H groups in total. The molecule has 0 atom stereocenters. The second-order valence-corrected chi connectivity index (χ2v) is 4.73. The van der Waals surface area contributed by atoms with Gasteiger partial charge in [-0.05, 0) is 36.4 Å². The first-order valence-corrected chi connectivity index (χ1v) is 6.74. The molecule has 2 heterocycles. The van der Waals surface area contributed by atoms with Crippen molar-refractivity contribution in [3.05, 3.63) is 53.9 Å². The van der Waals surface area contributed by atoms with Crippen LogP contribution in [0.25, 0.3) is 17.1 Å². The Hall–Kier alpha value is -3.09. The van der Waals surface area contributed by atoms with Crippen LogP contribution in [-0.2, 0) is 6.67 Å². The molecular weight excluding hydrogens is 303 g/mol. The fourth-order valence-corrected chi connectivity index (χ4v) is 2.28. The summed E-state index contributed by atoms with van der Waals surface area (Å²) in [6.07, 6.45) is 1.48. The second kappa shape index (κ2) is 5.96. The summed E-state index contributed by atoms with van der Waals surface area (Å²) in [4.78, 5) is 11.5. The van der Waals surface area contributed by atoms with Crippen LogP contribution in [0.2, 0.25) is 0 Å². The maximum Gasteiger partial charge on any atom is 0.338 e. The van der Waals surface area contributed by atoms with Crippen LogP contribution in [0.3, 0.4) is 0 Å². The molecule has 23 heavy (non-hydrogen) atoms. The fourth-order valence-electron chi connectivity index (χ4n) is 2.28. The van der Waals surface area contributed by atoms with Crippen LogP contribution in [-0.4, -0.2) is 28.0 Å². The fraction of sp³-hybridized carbons (Fsp3) is 0.125. The second-order valence-electron chi connectivity index (χ2n) is 4.73. The third-order valence-electron chi connectivity index (χ3n) is 3.33. The molecule has 0 unspecified atom stereocenters. The maximum atomic E-state index is 13.0. The number of rotatable bonds is 5. The Morgan fingerprint density at radius 1 is 1.39 bits per heavy atom. The van der Waals surface area contributed by atoms with E-state index in [9.17, 15) is 14.3 Å². The van der Waals surface area contributed by atoms with Gasteiger partial charge in [-0.1, -0.05) is 0 Å². The first-order valence-electron chi connectivity index (χ1n) is 6.74. The molecule has 0 aliphatic carbocycles. The molecule has 0 bridgehead atoms. The lowest BCUT2D eigenvalue weighted by molar-refractivity contribution is 0.0696. The number of halogens is 1. The summed E-state index contributed by atoms with van der Waals surface area (Å²) in [7, 11) is 1.45. The third-order valence-corrected chi connectivity index (χ3v) is 3.33. The predicted molar refractivity (Wildman–Crippen MR) is 79.6 cm³/mol. The van der Waals surface area contributed by atoms with Gasteiger partial charge in [-0.15, -0.1) is 0 Å². The molecule has 7 heteroatoms. The molecule has 0 amide bonds. The van der Waals surface area contributed by atoms with Gasteiger partial charge in [0.2, 0.25) is 0 Å². The molecule has 0 spiro atoms. The van der Waals surface area contributed by atoms with Crippen LogP contribution in [0.4, 0.5) is 4.39 Å². The summed E-state index contributed by atoms with van der Waals surface area (Å²) < 4.78 is 24.8.